The molecule has 0 saturated carbocycles. The molecule has 2 aromatic carbocycles. The zero-order valence-corrected chi connectivity index (χ0v) is 17.2. The van der Waals surface area contributed by atoms with Crippen LogP contribution in [0.2, 0.25) is 0 Å². The number of anilines is 1. The standard InChI is InChI=1S/C21H12F4N4O3S/c22-13-2-1-3-15(10-13)29-18(21(23,24)25)17(27-28-29)20(31)32-16-6-4-14(5-7-16)26-19(30)12-8-9-33-11-12/h1-11H,(H,26,30). The Morgan fingerprint density at radius 2 is 1.82 bits per heavy atom. The normalized spacial score (nSPS) is 11.3. The first kappa shape index (κ1) is 22.1. The van der Waals surface area contributed by atoms with Crippen LogP contribution < -0.4 is 10.1 Å². The lowest BCUT2D eigenvalue weighted by Gasteiger charge is -2.11. The average molecular weight is 476 g/mol. The van der Waals surface area contributed by atoms with Crippen LogP contribution in [0.25, 0.3) is 5.69 Å². The van der Waals surface area contributed by atoms with Crippen molar-refractivity contribution < 1.29 is 31.9 Å². The summed E-state index contributed by atoms with van der Waals surface area (Å²) in [6.07, 6.45) is -5.03. The van der Waals surface area contributed by atoms with Crippen molar-refractivity contribution in [2.75, 3.05) is 5.32 Å². The third-order valence-electron chi connectivity index (χ3n) is 4.29. The highest BCUT2D eigenvalue weighted by Crippen LogP contribution is 2.33. The zero-order chi connectivity index (χ0) is 23.6. The third-order valence-corrected chi connectivity index (χ3v) is 4.97. The van der Waals surface area contributed by atoms with E-state index in [0.29, 0.717) is 15.9 Å². The van der Waals surface area contributed by atoms with Gasteiger partial charge >= 0.3 is 12.1 Å². The van der Waals surface area contributed by atoms with Crippen molar-refractivity contribution >= 4 is 28.9 Å². The van der Waals surface area contributed by atoms with Crippen molar-refractivity contribution in [3.63, 3.8) is 0 Å². The number of nitrogens with one attached hydrogen (secondary N) is 1. The molecule has 0 aliphatic rings. The molecule has 1 N–H and O–H groups in total. The van der Waals surface area contributed by atoms with Crippen LogP contribution in [0.1, 0.15) is 26.5 Å². The molecule has 4 rings (SSSR count). The predicted molar refractivity (Wildman–Crippen MR) is 110 cm³/mol. The van der Waals surface area contributed by atoms with E-state index in [1.54, 1.807) is 16.8 Å². The van der Waals surface area contributed by atoms with Gasteiger partial charge in [-0.3, -0.25) is 4.79 Å². The Kier molecular flexibility index (Phi) is 5.92. The molecule has 2 heterocycles. The number of benzene rings is 2. The molecule has 0 saturated heterocycles. The van der Waals surface area contributed by atoms with Crippen LogP contribution in [0.3, 0.4) is 0 Å². The van der Waals surface area contributed by atoms with E-state index in [4.69, 9.17) is 4.74 Å². The number of hydrogen-bond donors (Lipinski definition) is 1. The van der Waals surface area contributed by atoms with Crippen molar-refractivity contribution in [2.45, 2.75) is 6.18 Å². The summed E-state index contributed by atoms with van der Waals surface area (Å²) in [5, 5.41) is 12.7. The van der Waals surface area contributed by atoms with Crippen LogP contribution in [-0.4, -0.2) is 26.9 Å². The van der Waals surface area contributed by atoms with E-state index in [1.807, 2.05) is 0 Å². The Labute approximate surface area is 187 Å². The molecule has 33 heavy (non-hydrogen) atoms. The number of carbonyl (C=O) groups is 2. The predicted octanol–water partition coefficient (Wildman–Crippen LogP) is 4.96. The van der Waals surface area contributed by atoms with Crippen LogP contribution in [0.15, 0.2) is 65.4 Å². The van der Waals surface area contributed by atoms with Gasteiger partial charge < -0.3 is 10.1 Å². The largest absolute Gasteiger partial charge is 0.436 e. The lowest BCUT2D eigenvalue weighted by atomic mass is 10.2. The second kappa shape index (κ2) is 8.82. The third kappa shape index (κ3) is 4.90. The maximum Gasteiger partial charge on any atom is 0.436 e. The number of amides is 1. The van der Waals surface area contributed by atoms with Gasteiger partial charge in [0.1, 0.15) is 11.6 Å². The molecule has 0 radical (unpaired) electrons. The Morgan fingerprint density at radius 1 is 1.06 bits per heavy atom. The number of rotatable bonds is 5. The lowest BCUT2D eigenvalue weighted by Crippen LogP contribution is -2.20. The van der Waals surface area contributed by atoms with Crippen molar-refractivity contribution in [1.82, 2.24) is 15.0 Å². The highest BCUT2D eigenvalue weighted by Gasteiger charge is 2.42. The number of hydrogen-bond acceptors (Lipinski definition) is 6. The highest BCUT2D eigenvalue weighted by atomic mass is 32.1. The van der Waals surface area contributed by atoms with Gasteiger partial charge in [-0.25, -0.2) is 13.9 Å². The van der Waals surface area contributed by atoms with Crippen LogP contribution in [0.5, 0.6) is 5.75 Å². The van der Waals surface area contributed by atoms with Gasteiger partial charge in [0.15, 0.2) is 5.69 Å². The number of esters is 1. The molecule has 0 aliphatic carbocycles. The maximum absolute atomic E-state index is 13.7. The summed E-state index contributed by atoms with van der Waals surface area (Å²) in [6, 6.07) is 11.3. The first-order valence-corrected chi connectivity index (χ1v) is 10.1. The molecular formula is C21H12F4N4O3S. The van der Waals surface area contributed by atoms with Crippen LogP contribution >= 0.6 is 11.3 Å². The first-order valence-electron chi connectivity index (χ1n) is 9.17. The van der Waals surface area contributed by atoms with E-state index >= 15 is 0 Å². The van der Waals surface area contributed by atoms with Crippen molar-refractivity contribution in [2.24, 2.45) is 0 Å². The summed E-state index contributed by atoms with van der Waals surface area (Å²) in [7, 11) is 0. The SMILES string of the molecule is O=C(Nc1ccc(OC(=O)c2nnn(-c3cccc(F)c3)c2C(F)(F)F)cc1)c1ccsc1. The van der Waals surface area contributed by atoms with Gasteiger partial charge in [-0.15, -0.1) is 5.10 Å². The van der Waals surface area contributed by atoms with Gasteiger partial charge in [0.2, 0.25) is 5.69 Å². The van der Waals surface area contributed by atoms with Gasteiger partial charge in [-0.1, -0.05) is 11.3 Å². The Hall–Kier alpha value is -4.06. The first-order chi connectivity index (χ1) is 15.7. The second-order valence-electron chi connectivity index (χ2n) is 6.56. The summed E-state index contributed by atoms with van der Waals surface area (Å²) >= 11 is 1.36. The minimum atomic E-state index is -5.03. The van der Waals surface area contributed by atoms with E-state index in [0.717, 1.165) is 12.1 Å². The minimum absolute atomic E-state index is 0.0815. The molecule has 2 aromatic heterocycles. The van der Waals surface area contributed by atoms with E-state index < -0.39 is 29.4 Å². The fourth-order valence-corrected chi connectivity index (χ4v) is 3.46. The molecule has 168 valence electrons. The average Bonchev–Trinajstić information content (AvgIpc) is 3.45. The molecule has 0 fully saturated rings. The molecular weight excluding hydrogens is 464 g/mol. The van der Waals surface area contributed by atoms with E-state index in [1.165, 1.54) is 47.7 Å². The van der Waals surface area contributed by atoms with Crippen molar-refractivity contribution in [3.8, 4) is 11.4 Å². The molecule has 0 spiro atoms. The van der Waals surface area contributed by atoms with E-state index in [9.17, 15) is 27.2 Å². The molecule has 0 unspecified atom stereocenters. The molecule has 4 aromatic rings. The van der Waals surface area contributed by atoms with Crippen molar-refractivity contribution in [3.05, 3.63) is 88.1 Å². The Bertz CT molecular complexity index is 1300. The van der Waals surface area contributed by atoms with Gasteiger partial charge in [-0.2, -0.15) is 24.5 Å². The van der Waals surface area contributed by atoms with Gasteiger partial charge in [0.05, 0.1) is 11.3 Å². The maximum atomic E-state index is 13.7. The number of ether oxygens (including phenoxy) is 1. The molecule has 0 aliphatic heterocycles. The molecule has 0 atom stereocenters. The number of alkyl halides is 3. The van der Waals surface area contributed by atoms with Gasteiger partial charge in [-0.05, 0) is 53.9 Å². The number of thiophene rings is 1. The summed E-state index contributed by atoms with van der Waals surface area (Å²) in [6.45, 7) is 0. The molecule has 0 bridgehead atoms. The van der Waals surface area contributed by atoms with Gasteiger partial charge in [0, 0.05) is 11.1 Å². The number of aromatic nitrogens is 3. The summed E-state index contributed by atoms with van der Waals surface area (Å²) in [5.41, 5.74) is -1.99. The van der Waals surface area contributed by atoms with E-state index in [2.05, 4.69) is 15.6 Å². The quantitative estimate of drug-likeness (QED) is 0.250. The molecule has 1 amide bonds. The Balaban J connectivity index is 1.54. The molecule has 12 heteroatoms. The summed E-state index contributed by atoms with van der Waals surface area (Å²) in [5.74, 6) is -2.61. The number of carbonyl (C=O) groups excluding carboxylic acids is 2. The number of nitrogens with zero attached hydrogens (tertiary/aromatic N) is 3. The van der Waals surface area contributed by atoms with Gasteiger partial charge in [0.25, 0.3) is 5.91 Å². The van der Waals surface area contributed by atoms with Crippen LogP contribution in [0, 0.1) is 5.82 Å². The number of halogens is 4. The summed E-state index contributed by atoms with van der Waals surface area (Å²) < 4.78 is 59.8. The van der Waals surface area contributed by atoms with Crippen molar-refractivity contribution in [1.29, 1.82) is 0 Å². The fraction of sp³-hybridized carbons (Fsp3) is 0.0476. The van der Waals surface area contributed by atoms with E-state index in [-0.39, 0.29) is 17.3 Å². The molecule has 7 nitrogen and oxygen atoms in total. The lowest BCUT2D eigenvalue weighted by molar-refractivity contribution is -0.143. The van der Waals surface area contributed by atoms with Crippen LogP contribution in [-0.2, 0) is 6.18 Å². The summed E-state index contributed by atoms with van der Waals surface area (Å²) in [4.78, 5) is 24.5. The Morgan fingerprint density at radius 3 is 2.45 bits per heavy atom. The van der Waals surface area contributed by atoms with Crippen LogP contribution in [0.4, 0.5) is 23.2 Å². The monoisotopic (exact) mass is 476 g/mol. The topological polar surface area (TPSA) is 86.1 Å². The smallest absolute Gasteiger partial charge is 0.422 e. The zero-order valence-electron chi connectivity index (χ0n) is 16.3. The minimum Gasteiger partial charge on any atom is -0.422 e. The highest BCUT2D eigenvalue weighted by molar-refractivity contribution is 7.08. The second-order valence-corrected chi connectivity index (χ2v) is 7.34. The fourth-order valence-electron chi connectivity index (χ4n) is 2.82.